The fourth-order valence-electron chi connectivity index (χ4n) is 5.07. The molecule has 4 aromatic rings. The lowest BCUT2D eigenvalue weighted by Crippen LogP contribution is -2.36. The van der Waals surface area contributed by atoms with E-state index in [-0.39, 0.29) is 30.0 Å². The number of halogens is 1. The van der Waals surface area contributed by atoms with Crippen LogP contribution in [0.25, 0.3) is 0 Å². The molecule has 1 aromatic carbocycles. The molecular formula is C29H35ClN6O2. The first-order valence-corrected chi connectivity index (χ1v) is 13.0. The first-order valence-electron chi connectivity index (χ1n) is 13.0. The first-order chi connectivity index (χ1) is 17.9. The molecule has 3 heterocycles. The number of hydrogen-bond donors (Lipinski definition) is 1. The number of pyridine rings is 1. The molecule has 0 saturated heterocycles. The molecule has 0 spiro atoms. The Labute approximate surface area is 229 Å². The van der Waals surface area contributed by atoms with E-state index in [0.29, 0.717) is 19.0 Å². The molecule has 0 aliphatic heterocycles. The molecule has 0 saturated carbocycles. The molecule has 5 rings (SSSR count). The Morgan fingerprint density at radius 2 is 1.84 bits per heavy atom. The summed E-state index contributed by atoms with van der Waals surface area (Å²) < 4.78 is 3.77. The summed E-state index contributed by atoms with van der Waals surface area (Å²) >= 11 is 0. The van der Waals surface area contributed by atoms with E-state index >= 15 is 0 Å². The Balaban J connectivity index is 0.00000336. The number of benzene rings is 1. The highest BCUT2D eigenvalue weighted by Crippen LogP contribution is 2.38. The summed E-state index contributed by atoms with van der Waals surface area (Å²) in [5, 5.41) is 19.3. The Kier molecular flexibility index (Phi) is 8.52. The zero-order chi connectivity index (χ0) is 25.9. The summed E-state index contributed by atoms with van der Waals surface area (Å²) in [6, 6.07) is 9.49. The molecule has 1 aliphatic carbocycles. The van der Waals surface area contributed by atoms with Gasteiger partial charge in [0, 0.05) is 35.8 Å². The van der Waals surface area contributed by atoms with Gasteiger partial charge in [0.15, 0.2) is 0 Å². The highest BCUT2D eigenvalue weighted by molar-refractivity contribution is 5.98. The quantitative estimate of drug-likeness (QED) is 0.325. The molecule has 1 N–H and O–H groups in total. The fourth-order valence-corrected chi connectivity index (χ4v) is 5.07. The second kappa shape index (κ2) is 11.8. The van der Waals surface area contributed by atoms with Crippen LogP contribution in [0.1, 0.15) is 73.4 Å². The third-order valence-corrected chi connectivity index (χ3v) is 7.10. The van der Waals surface area contributed by atoms with Gasteiger partial charge in [0.1, 0.15) is 5.75 Å². The van der Waals surface area contributed by atoms with Crippen molar-refractivity contribution in [1.82, 2.24) is 24.5 Å². The molecule has 8 nitrogen and oxygen atoms in total. The van der Waals surface area contributed by atoms with Gasteiger partial charge in [-0.1, -0.05) is 26.0 Å². The molecule has 0 bridgehead atoms. The summed E-state index contributed by atoms with van der Waals surface area (Å²) in [6.45, 7) is 8.11. The van der Waals surface area contributed by atoms with Crippen LogP contribution in [0.3, 0.4) is 0 Å². The van der Waals surface area contributed by atoms with Crippen LogP contribution >= 0.6 is 12.4 Å². The molecule has 1 aliphatic rings. The molecule has 3 aromatic heterocycles. The third kappa shape index (κ3) is 5.75. The number of rotatable bonds is 8. The number of phenolic OH excluding ortho intramolecular Hbond substituents is 1. The minimum absolute atomic E-state index is 0. The monoisotopic (exact) mass is 534 g/mol. The lowest BCUT2D eigenvalue weighted by Gasteiger charge is -2.31. The lowest BCUT2D eigenvalue weighted by atomic mass is 9.81. The van der Waals surface area contributed by atoms with Gasteiger partial charge in [-0.2, -0.15) is 10.2 Å². The summed E-state index contributed by atoms with van der Waals surface area (Å²) in [4.78, 5) is 20.6. The van der Waals surface area contributed by atoms with Gasteiger partial charge in [-0.05, 0) is 61.4 Å². The number of hydrogen-bond acceptors (Lipinski definition) is 5. The minimum Gasteiger partial charge on any atom is -0.508 e. The van der Waals surface area contributed by atoms with Crippen molar-refractivity contribution >= 4 is 24.0 Å². The zero-order valence-corrected chi connectivity index (χ0v) is 22.9. The Morgan fingerprint density at radius 3 is 2.55 bits per heavy atom. The van der Waals surface area contributed by atoms with Crippen LogP contribution in [0.4, 0.5) is 5.69 Å². The van der Waals surface area contributed by atoms with Gasteiger partial charge in [-0.25, -0.2) is 0 Å². The smallest absolute Gasteiger partial charge is 0.234 e. The molecule has 1 amide bonds. The summed E-state index contributed by atoms with van der Waals surface area (Å²) in [5.74, 6) is 0.289. The van der Waals surface area contributed by atoms with Crippen LogP contribution < -0.4 is 4.90 Å². The third-order valence-electron chi connectivity index (χ3n) is 7.10. The van der Waals surface area contributed by atoms with E-state index in [1.165, 1.54) is 0 Å². The van der Waals surface area contributed by atoms with Crippen molar-refractivity contribution < 1.29 is 9.90 Å². The normalized spacial score (nSPS) is 14.7. The number of amides is 1. The van der Waals surface area contributed by atoms with Crippen molar-refractivity contribution in [3.05, 3.63) is 89.3 Å². The number of aryl methyl sites for hydroxylation is 1. The van der Waals surface area contributed by atoms with Gasteiger partial charge >= 0.3 is 0 Å². The molecule has 0 radical (unpaired) electrons. The standard InChI is InChI=1S/C29H34N6O2.ClH/c1-4-33-16-21(13-31-33)17-34-18-22(14-32-34)19-35(23-11-12-27(20(2)3)30-15-23)29(37)26-9-5-8-25-24(26)7-6-10-28(25)36;/h6-7,10-16,18,20,26,36H,4-5,8-9,17,19H2,1-3H3;1H. The predicted octanol–water partition coefficient (Wildman–Crippen LogP) is 5.45. The van der Waals surface area contributed by atoms with Gasteiger partial charge < -0.3 is 10.0 Å². The SMILES string of the molecule is CCn1cc(Cn2cc(CN(C(=O)C3CCCc4c(O)cccc43)c3ccc(C(C)C)nc3)cn2)cn1.Cl. The number of carbonyl (C=O) groups excluding carboxylic acids is 1. The lowest BCUT2D eigenvalue weighted by molar-refractivity contribution is -0.120. The van der Waals surface area contributed by atoms with E-state index in [2.05, 4.69) is 36.0 Å². The Bertz CT molecular complexity index is 1380. The molecule has 200 valence electrons. The Morgan fingerprint density at radius 1 is 1.08 bits per heavy atom. The van der Waals surface area contributed by atoms with Crippen LogP contribution in [0.15, 0.2) is 61.3 Å². The number of aromatic hydroxyl groups is 1. The van der Waals surface area contributed by atoms with E-state index < -0.39 is 0 Å². The van der Waals surface area contributed by atoms with Crippen molar-refractivity contribution in [2.75, 3.05) is 4.90 Å². The second-order valence-electron chi connectivity index (χ2n) is 10.1. The van der Waals surface area contributed by atoms with Gasteiger partial charge in [0.2, 0.25) is 5.91 Å². The van der Waals surface area contributed by atoms with Crippen LogP contribution in [0.5, 0.6) is 5.75 Å². The largest absolute Gasteiger partial charge is 0.508 e. The summed E-state index contributed by atoms with van der Waals surface area (Å²) in [6.07, 6.45) is 11.9. The zero-order valence-electron chi connectivity index (χ0n) is 22.1. The molecular weight excluding hydrogens is 500 g/mol. The second-order valence-corrected chi connectivity index (χ2v) is 10.1. The van der Waals surface area contributed by atoms with E-state index in [0.717, 1.165) is 59.4 Å². The highest BCUT2D eigenvalue weighted by Gasteiger charge is 2.32. The number of carbonyl (C=O) groups is 1. The molecule has 1 unspecified atom stereocenters. The number of aromatic nitrogens is 5. The van der Waals surface area contributed by atoms with Crippen molar-refractivity contribution in [2.24, 2.45) is 0 Å². The van der Waals surface area contributed by atoms with Crippen LogP contribution in [0, 0.1) is 0 Å². The fraction of sp³-hybridized carbons (Fsp3) is 0.379. The highest BCUT2D eigenvalue weighted by atomic mass is 35.5. The van der Waals surface area contributed by atoms with Gasteiger partial charge in [-0.15, -0.1) is 12.4 Å². The van der Waals surface area contributed by atoms with E-state index in [1.54, 1.807) is 12.3 Å². The van der Waals surface area contributed by atoms with Crippen LogP contribution in [-0.2, 0) is 30.8 Å². The topological polar surface area (TPSA) is 89.1 Å². The van der Waals surface area contributed by atoms with E-state index in [1.807, 2.05) is 63.3 Å². The first kappa shape index (κ1) is 27.4. The molecule has 9 heteroatoms. The van der Waals surface area contributed by atoms with Crippen molar-refractivity contribution in [2.45, 2.75) is 71.5 Å². The number of nitrogens with zero attached hydrogens (tertiary/aromatic N) is 6. The van der Waals surface area contributed by atoms with E-state index in [4.69, 9.17) is 0 Å². The van der Waals surface area contributed by atoms with Crippen LogP contribution in [-0.4, -0.2) is 35.6 Å². The maximum Gasteiger partial charge on any atom is 0.234 e. The van der Waals surface area contributed by atoms with Crippen molar-refractivity contribution in [3.8, 4) is 5.75 Å². The number of anilines is 1. The van der Waals surface area contributed by atoms with Gasteiger partial charge in [0.05, 0.1) is 43.3 Å². The maximum atomic E-state index is 14.1. The van der Waals surface area contributed by atoms with Crippen LogP contribution in [0.2, 0.25) is 0 Å². The van der Waals surface area contributed by atoms with E-state index in [9.17, 15) is 9.90 Å². The minimum atomic E-state index is -0.310. The molecule has 1 atom stereocenters. The Hall–Kier alpha value is -3.65. The average Bonchev–Trinajstić information content (AvgIpc) is 3.56. The van der Waals surface area contributed by atoms with Crippen molar-refractivity contribution in [3.63, 3.8) is 0 Å². The summed E-state index contributed by atoms with van der Waals surface area (Å²) in [7, 11) is 0. The molecule has 38 heavy (non-hydrogen) atoms. The average molecular weight is 535 g/mol. The predicted molar refractivity (Wildman–Crippen MR) is 150 cm³/mol. The van der Waals surface area contributed by atoms with Crippen molar-refractivity contribution in [1.29, 1.82) is 0 Å². The number of fused-ring (bicyclic) bond motifs is 1. The van der Waals surface area contributed by atoms with Gasteiger partial charge in [0.25, 0.3) is 0 Å². The number of phenols is 1. The van der Waals surface area contributed by atoms with Gasteiger partial charge in [-0.3, -0.25) is 19.1 Å². The maximum absolute atomic E-state index is 14.1. The summed E-state index contributed by atoms with van der Waals surface area (Å²) in [5.41, 5.74) is 5.59. The molecule has 0 fully saturated rings.